The second kappa shape index (κ2) is 10.2. The third kappa shape index (κ3) is 5.80. The second-order valence-corrected chi connectivity index (χ2v) is 10.3. The van der Waals surface area contributed by atoms with Crippen LogP contribution in [-0.4, -0.2) is 31.8 Å². The molecule has 6 nitrogen and oxygen atoms in total. The van der Waals surface area contributed by atoms with Crippen LogP contribution in [0.1, 0.15) is 28.7 Å². The van der Waals surface area contributed by atoms with E-state index in [1.54, 1.807) is 12.1 Å². The summed E-state index contributed by atoms with van der Waals surface area (Å²) in [6.07, 6.45) is 2.41. The van der Waals surface area contributed by atoms with Crippen LogP contribution in [0.4, 0.5) is 10.5 Å². The number of anilines is 1. The van der Waals surface area contributed by atoms with Gasteiger partial charge in [-0.1, -0.05) is 54.1 Å². The summed E-state index contributed by atoms with van der Waals surface area (Å²) in [7, 11) is -3.56. The van der Waals surface area contributed by atoms with E-state index in [4.69, 9.17) is 0 Å². The Kier molecular flexibility index (Phi) is 7.11. The van der Waals surface area contributed by atoms with Crippen molar-refractivity contribution in [2.75, 3.05) is 18.4 Å². The summed E-state index contributed by atoms with van der Waals surface area (Å²) in [6, 6.07) is 22.5. The first-order chi connectivity index (χ1) is 15.9. The minimum atomic E-state index is -3.56. The molecule has 0 saturated carbocycles. The Balaban J connectivity index is 1.34. The molecule has 33 heavy (non-hydrogen) atoms. The largest absolute Gasteiger partial charge is 0.338 e. The highest BCUT2D eigenvalue weighted by Gasteiger charge is 2.28. The van der Waals surface area contributed by atoms with Crippen molar-refractivity contribution in [1.29, 1.82) is 0 Å². The Labute approximate surface area is 195 Å². The number of nitrogens with one attached hydrogen (secondary N) is 2. The van der Waals surface area contributed by atoms with E-state index in [1.807, 2.05) is 55.5 Å². The van der Waals surface area contributed by atoms with E-state index < -0.39 is 10.0 Å². The van der Waals surface area contributed by atoms with E-state index in [9.17, 15) is 13.2 Å². The molecule has 1 aliphatic rings. The fourth-order valence-electron chi connectivity index (χ4n) is 3.99. The van der Waals surface area contributed by atoms with Gasteiger partial charge in [0.25, 0.3) is 0 Å². The highest BCUT2D eigenvalue weighted by atomic mass is 32.2. The van der Waals surface area contributed by atoms with Crippen LogP contribution < -0.4 is 10.6 Å². The van der Waals surface area contributed by atoms with Gasteiger partial charge in [0.1, 0.15) is 0 Å². The van der Waals surface area contributed by atoms with Gasteiger partial charge in [-0.2, -0.15) is 4.31 Å². The van der Waals surface area contributed by atoms with Crippen LogP contribution in [-0.2, 0) is 29.4 Å². The van der Waals surface area contributed by atoms with E-state index in [0.29, 0.717) is 36.6 Å². The number of hydrogen-bond acceptors (Lipinski definition) is 3. The lowest BCUT2D eigenvalue weighted by molar-refractivity contribution is 0.252. The topological polar surface area (TPSA) is 78.5 Å². The average molecular weight is 464 g/mol. The maximum atomic E-state index is 13.1. The number of benzene rings is 3. The van der Waals surface area contributed by atoms with E-state index in [0.717, 1.165) is 29.5 Å². The standard InChI is InChI=1S/C26H29N3O3S/c1-20-9-13-25(14-10-20)33(31,32)29-17-15-22-11-12-24(18-23(22)19-29)28-26(30)27-16-5-8-21-6-3-2-4-7-21/h2-4,6-7,9-14,18H,5,8,15-17,19H2,1H3,(H2,27,28,30). The van der Waals surface area contributed by atoms with Gasteiger partial charge in [0.2, 0.25) is 10.0 Å². The Hall–Kier alpha value is -3.16. The van der Waals surface area contributed by atoms with Crippen molar-refractivity contribution in [2.45, 2.75) is 37.6 Å². The van der Waals surface area contributed by atoms with Gasteiger partial charge in [-0.15, -0.1) is 0 Å². The van der Waals surface area contributed by atoms with Crippen molar-refractivity contribution in [3.05, 3.63) is 95.1 Å². The number of rotatable bonds is 7. The molecule has 3 aromatic rings. The number of urea groups is 1. The van der Waals surface area contributed by atoms with Crippen molar-refractivity contribution < 1.29 is 13.2 Å². The zero-order chi connectivity index (χ0) is 23.3. The molecule has 0 aromatic heterocycles. The molecular formula is C26H29N3O3S. The molecule has 2 N–H and O–H groups in total. The van der Waals surface area contributed by atoms with Gasteiger partial charge in [-0.3, -0.25) is 0 Å². The van der Waals surface area contributed by atoms with Gasteiger partial charge in [0.15, 0.2) is 0 Å². The SMILES string of the molecule is Cc1ccc(S(=O)(=O)N2CCc3ccc(NC(=O)NCCCc4ccccc4)cc3C2)cc1. The summed E-state index contributed by atoms with van der Waals surface area (Å²) in [5.41, 5.74) is 4.95. The Bertz CT molecular complexity index is 1210. The number of carbonyl (C=O) groups is 1. The van der Waals surface area contributed by atoms with Crippen LogP contribution in [0.2, 0.25) is 0 Å². The summed E-state index contributed by atoms with van der Waals surface area (Å²) in [6.45, 7) is 3.24. The van der Waals surface area contributed by atoms with Gasteiger partial charge in [0, 0.05) is 25.3 Å². The third-order valence-corrected chi connectivity index (χ3v) is 7.73. The van der Waals surface area contributed by atoms with E-state index >= 15 is 0 Å². The van der Waals surface area contributed by atoms with E-state index in [1.165, 1.54) is 9.87 Å². The molecule has 0 unspecified atom stereocenters. The van der Waals surface area contributed by atoms with Crippen LogP contribution in [0.25, 0.3) is 0 Å². The summed E-state index contributed by atoms with van der Waals surface area (Å²) < 4.78 is 27.6. The summed E-state index contributed by atoms with van der Waals surface area (Å²) in [5, 5.41) is 5.75. The number of amides is 2. The number of carbonyl (C=O) groups excluding carboxylic acids is 1. The summed E-state index contributed by atoms with van der Waals surface area (Å²) in [4.78, 5) is 12.6. The Morgan fingerprint density at radius 3 is 2.48 bits per heavy atom. The number of nitrogens with zero attached hydrogens (tertiary/aromatic N) is 1. The molecule has 1 aliphatic heterocycles. The van der Waals surface area contributed by atoms with Gasteiger partial charge in [-0.05, 0) is 67.1 Å². The molecule has 2 amide bonds. The summed E-state index contributed by atoms with van der Waals surface area (Å²) >= 11 is 0. The van der Waals surface area contributed by atoms with Gasteiger partial charge < -0.3 is 10.6 Å². The van der Waals surface area contributed by atoms with Crippen molar-refractivity contribution in [1.82, 2.24) is 9.62 Å². The highest BCUT2D eigenvalue weighted by Crippen LogP contribution is 2.27. The Morgan fingerprint density at radius 2 is 1.73 bits per heavy atom. The molecule has 4 rings (SSSR count). The van der Waals surface area contributed by atoms with Gasteiger partial charge in [-0.25, -0.2) is 13.2 Å². The molecule has 7 heteroatoms. The normalized spacial score (nSPS) is 13.8. The molecule has 3 aromatic carbocycles. The number of aryl methyl sites for hydroxylation is 2. The van der Waals surface area contributed by atoms with Gasteiger partial charge in [0.05, 0.1) is 4.90 Å². The predicted octanol–water partition coefficient (Wildman–Crippen LogP) is 4.50. The molecule has 0 atom stereocenters. The third-order valence-electron chi connectivity index (χ3n) is 5.87. The Morgan fingerprint density at radius 1 is 0.970 bits per heavy atom. The van der Waals surface area contributed by atoms with Crippen LogP contribution in [0.15, 0.2) is 77.7 Å². The molecule has 172 valence electrons. The monoisotopic (exact) mass is 463 g/mol. The number of fused-ring (bicyclic) bond motifs is 1. The first kappa shape index (κ1) is 23.0. The smallest absolute Gasteiger partial charge is 0.319 e. The molecular weight excluding hydrogens is 434 g/mol. The van der Waals surface area contributed by atoms with E-state index in [2.05, 4.69) is 22.8 Å². The van der Waals surface area contributed by atoms with Gasteiger partial charge >= 0.3 is 6.03 Å². The quantitative estimate of drug-likeness (QED) is 0.507. The van der Waals surface area contributed by atoms with E-state index in [-0.39, 0.29) is 6.03 Å². The lowest BCUT2D eigenvalue weighted by Gasteiger charge is -2.28. The lowest BCUT2D eigenvalue weighted by atomic mass is 10.0. The summed E-state index contributed by atoms with van der Waals surface area (Å²) in [5.74, 6) is 0. The lowest BCUT2D eigenvalue weighted by Crippen LogP contribution is -2.36. The fraction of sp³-hybridized carbons (Fsp3) is 0.269. The fourth-order valence-corrected chi connectivity index (χ4v) is 5.41. The van der Waals surface area contributed by atoms with Crippen LogP contribution >= 0.6 is 0 Å². The molecule has 0 saturated heterocycles. The first-order valence-electron chi connectivity index (χ1n) is 11.2. The first-order valence-corrected chi connectivity index (χ1v) is 12.6. The molecule has 0 aliphatic carbocycles. The zero-order valence-electron chi connectivity index (χ0n) is 18.8. The maximum absolute atomic E-state index is 13.1. The second-order valence-electron chi connectivity index (χ2n) is 8.36. The minimum absolute atomic E-state index is 0.261. The minimum Gasteiger partial charge on any atom is -0.338 e. The number of hydrogen-bond donors (Lipinski definition) is 2. The molecule has 0 radical (unpaired) electrons. The average Bonchev–Trinajstić information content (AvgIpc) is 2.82. The maximum Gasteiger partial charge on any atom is 0.319 e. The predicted molar refractivity (Wildman–Crippen MR) is 131 cm³/mol. The van der Waals surface area contributed by atoms with Crippen molar-refractivity contribution in [3.8, 4) is 0 Å². The molecule has 0 bridgehead atoms. The highest BCUT2D eigenvalue weighted by molar-refractivity contribution is 7.89. The van der Waals surface area contributed by atoms with Crippen LogP contribution in [0, 0.1) is 6.92 Å². The zero-order valence-corrected chi connectivity index (χ0v) is 19.6. The molecule has 0 fully saturated rings. The molecule has 1 heterocycles. The number of sulfonamides is 1. The van der Waals surface area contributed by atoms with Crippen molar-refractivity contribution in [2.24, 2.45) is 0 Å². The van der Waals surface area contributed by atoms with Crippen LogP contribution in [0.5, 0.6) is 0 Å². The molecule has 0 spiro atoms. The van der Waals surface area contributed by atoms with Crippen LogP contribution in [0.3, 0.4) is 0 Å². The van der Waals surface area contributed by atoms with Crippen molar-refractivity contribution >= 4 is 21.7 Å². The van der Waals surface area contributed by atoms with Crippen molar-refractivity contribution in [3.63, 3.8) is 0 Å².